The molecule has 2 aliphatic heterocycles. The van der Waals surface area contributed by atoms with Crippen molar-refractivity contribution < 1.29 is 33.6 Å². The van der Waals surface area contributed by atoms with Crippen LogP contribution >= 0.6 is 0 Å². The van der Waals surface area contributed by atoms with Crippen LogP contribution in [0.25, 0.3) is 11.0 Å². The van der Waals surface area contributed by atoms with Crippen LogP contribution in [0.2, 0.25) is 0 Å². The van der Waals surface area contributed by atoms with Crippen LogP contribution in [0.1, 0.15) is 17.4 Å². The minimum atomic E-state index is -1.35. The molecule has 2 fully saturated rings. The molecule has 5 rings (SSSR count). The van der Waals surface area contributed by atoms with Gasteiger partial charge in [0.25, 0.3) is 0 Å². The number of rotatable bonds is 3. The van der Waals surface area contributed by atoms with Crippen LogP contribution in [-0.4, -0.2) is 47.5 Å². The summed E-state index contributed by atoms with van der Waals surface area (Å²) in [5.41, 5.74) is 1.50. The molecule has 31 heavy (non-hydrogen) atoms. The Balaban J connectivity index is 1.33. The van der Waals surface area contributed by atoms with E-state index in [0.29, 0.717) is 11.3 Å². The minimum absolute atomic E-state index is 0.166. The normalized spacial score (nSPS) is 30.7. The predicted octanol–water partition coefficient (Wildman–Crippen LogP) is 2.04. The maximum atomic E-state index is 11.7. The lowest BCUT2D eigenvalue weighted by Gasteiger charge is -2.46. The van der Waals surface area contributed by atoms with Gasteiger partial charge in [-0.05, 0) is 24.6 Å². The number of fused-ring (bicyclic) bond motifs is 2. The van der Waals surface area contributed by atoms with Gasteiger partial charge in [0.05, 0.1) is 6.61 Å². The summed E-state index contributed by atoms with van der Waals surface area (Å²) in [6.07, 6.45) is -5.78. The van der Waals surface area contributed by atoms with Gasteiger partial charge in [-0.25, -0.2) is 4.79 Å². The number of hydrogen-bond acceptors (Lipinski definition) is 8. The van der Waals surface area contributed by atoms with Crippen LogP contribution in [0.3, 0.4) is 0 Å². The van der Waals surface area contributed by atoms with E-state index in [1.165, 1.54) is 6.07 Å². The molecule has 0 spiro atoms. The Kier molecular flexibility index (Phi) is 5.25. The molecule has 0 bridgehead atoms. The first-order chi connectivity index (χ1) is 15.0. The minimum Gasteiger partial charge on any atom is -0.462 e. The lowest BCUT2D eigenvalue weighted by atomic mass is 9.98. The highest BCUT2D eigenvalue weighted by Crippen LogP contribution is 2.35. The van der Waals surface area contributed by atoms with Gasteiger partial charge in [-0.15, -0.1) is 0 Å². The summed E-state index contributed by atoms with van der Waals surface area (Å²) in [6.45, 7) is 1.98. The van der Waals surface area contributed by atoms with Crippen molar-refractivity contribution in [3.8, 4) is 5.75 Å². The van der Waals surface area contributed by atoms with Crippen molar-refractivity contribution in [3.63, 3.8) is 0 Å². The first-order valence-electron chi connectivity index (χ1n) is 10.0. The molecule has 0 amide bonds. The third-order valence-corrected chi connectivity index (χ3v) is 5.58. The average molecular weight is 426 g/mol. The van der Waals surface area contributed by atoms with Gasteiger partial charge in [0, 0.05) is 23.1 Å². The second-order valence-corrected chi connectivity index (χ2v) is 7.73. The van der Waals surface area contributed by atoms with E-state index in [1.54, 1.807) is 18.2 Å². The fraction of sp³-hybridized carbons (Fsp3) is 0.348. The van der Waals surface area contributed by atoms with Crippen LogP contribution in [0.5, 0.6) is 5.75 Å². The first kappa shape index (κ1) is 20.2. The van der Waals surface area contributed by atoms with Crippen molar-refractivity contribution in [2.24, 2.45) is 0 Å². The molecule has 0 aliphatic carbocycles. The predicted molar refractivity (Wildman–Crippen MR) is 109 cm³/mol. The molecule has 1 aromatic heterocycles. The highest BCUT2D eigenvalue weighted by Gasteiger charge is 2.49. The zero-order valence-electron chi connectivity index (χ0n) is 16.7. The van der Waals surface area contributed by atoms with Crippen molar-refractivity contribution in [1.82, 2.24) is 0 Å². The second kappa shape index (κ2) is 8.07. The topological polar surface area (TPSA) is 108 Å². The Bertz CT molecular complexity index is 1130. The standard InChI is InChI=1S/C23H22O8/c1-12-9-18(24)29-16-10-14(7-8-15(12)16)28-23-20(26)19(25)21-17(30-23)11-27-22(31-21)13-5-3-2-4-6-13/h2-10,17,19-23,25-26H,11H2,1H3/t17-,19-,20+,21+,22+,23-/m1/s1. The Morgan fingerprint density at radius 2 is 1.81 bits per heavy atom. The van der Waals surface area contributed by atoms with Crippen LogP contribution in [-0.2, 0) is 14.2 Å². The van der Waals surface area contributed by atoms with Gasteiger partial charge in [-0.1, -0.05) is 30.3 Å². The van der Waals surface area contributed by atoms with Gasteiger partial charge in [0.15, 0.2) is 6.29 Å². The summed E-state index contributed by atoms with van der Waals surface area (Å²) in [7, 11) is 0. The molecule has 2 saturated heterocycles. The van der Waals surface area contributed by atoms with E-state index < -0.39 is 42.6 Å². The molecular formula is C23H22O8. The molecule has 8 heteroatoms. The molecule has 6 atom stereocenters. The first-order valence-corrected chi connectivity index (χ1v) is 10.0. The van der Waals surface area contributed by atoms with Crippen LogP contribution in [0, 0.1) is 6.92 Å². The van der Waals surface area contributed by atoms with Crippen molar-refractivity contribution in [3.05, 3.63) is 76.1 Å². The molecule has 0 unspecified atom stereocenters. The molecule has 8 nitrogen and oxygen atoms in total. The summed E-state index contributed by atoms with van der Waals surface area (Å²) in [6, 6.07) is 15.8. The lowest BCUT2D eigenvalue weighted by molar-refractivity contribution is -0.350. The van der Waals surface area contributed by atoms with Crippen molar-refractivity contribution in [2.75, 3.05) is 6.61 Å². The Morgan fingerprint density at radius 1 is 1.00 bits per heavy atom. The Hall–Kier alpha value is -2.75. The number of benzene rings is 2. The molecule has 2 aromatic carbocycles. The number of hydrogen-bond donors (Lipinski definition) is 2. The van der Waals surface area contributed by atoms with E-state index in [9.17, 15) is 15.0 Å². The van der Waals surface area contributed by atoms with E-state index in [1.807, 2.05) is 37.3 Å². The zero-order valence-corrected chi connectivity index (χ0v) is 16.7. The van der Waals surface area contributed by atoms with Gasteiger partial charge < -0.3 is 33.6 Å². The van der Waals surface area contributed by atoms with Crippen molar-refractivity contribution >= 4 is 11.0 Å². The average Bonchev–Trinajstić information content (AvgIpc) is 2.77. The number of aryl methyl sites for hydroxylation is 1. The van der Waals surface area contributed by atoms with E-state index in [-0.39, 0.29) is 6.61 Å². The smallest absolute Gasteiger partial charge is 0.336 e. The number of aliphatic hydroxyl groups is 2. The zero-order chi connectivity index (χ0) is 21.5. The molecule has 0 saturated carbocycles. The van der Waals surface area contributed by atoms with Crippen LogP contribution < -0.4 is 10.4 Å². The Labute approximate surface area is 177 Å². The third-order valence-electron chi connectivity index (χ3n) is 5.58. The molecule has 3 heterocycles. The SMILES string of the molecule is Cc1cc(=O)oc2cc(O[C@@H]3O[C@@H]4CO[C@H](c5ccccc5)O[C@@H]4[C@H](O)[C@@H]3O)ccc12. The molecular weight excluding hydrogens is 404 g/mol. The Morgan fingerprint density at radius 3 is 2.61 bits per heavy atom. The van der Waals surface area contributed by atoms with Gasteiger partial charge in [0.2, 0.25) is 6.29 Å². The number of ether oxygens (including phenoxy) is 4. The van der Waals surface area contributed by atoms with Crippen LogP contribution in [0.4, 0.5) is 0 Å². The molecule has 2 aliphatic rings. The fourth-order valence-electron chi connectivity index (χ4n) is 3.97. The molecule has 3 aromatic rings. The summed E-state index contributed by atoms with van der Waals surface area (Å²) in [5.74, 6) is 0.329. The van der Waals surface area contributed by atoms with Crippen molar-refractivity contribution in [2.45, 2.75) is 43.9 Å². The van der Waals surface area contributed by atoms with Gasteiger partial charge in [0.1, 0.15) is 35.7 Å². The van der Waals surface area contributed by atoms with E-state index in [4.69, 9.17) is 23.4 Å². The van der Waals surface area contributed by atoms with Gasteiger partial charge in [-0.2, -0.15) is 0 Å². The lowest BCUT2D eigenvalue weighted by Crippen LogP contribution is -2.62. The summed E-state index contributed by atoms with van der Waals surface area (Å²) in [4.78, 5) is 11.7. The second-order valence-electron chi connectivity index (χ2n) is 7.73. The molecule has 2 N–H and O–H groups in total. The summed E-state index contributed by atoms with van der Waals surface area (Å²) in [5, 5.41) is 22.1. The van der Waals surface area contributed by atoms with E-state index in [2.05, 4.69) is 0 Å². The third kappa shape index (κ3) is 3.84. The highest BCUT2D eigenvalue weighted by molar-refractivity contribution is 5.81. The maximum absolute atomic E-state index is 11.7. The summed E-state index contributed by atoms with van der Waals surface area (Å²) < 4.78 is 28.5. The maximum Gasteiger partial charge on any atom is 0.336 e. The summed E-state index contributed by atoms with van der Waals surface area (Å²) >= 11 is 0. The van der Waals surface area contributed by atoms with E-state index in [0.717, 1.165) is 16.5 Å². The van der Waals surface area contributed by atoms with Gasteiger partial charge >= 0.3 is 5.63 Å². The van der Waals surface area contributed by atoms with Gasteiger partial charge in [-0.3, -0.25) is 0 Å². The fourth-order valence-corrected chi connectivity index (χ4v) is 3.97. The largest absolute Gasteiger partial charge is 0.462 e. The monoisotopic (exact) mass is 426 g/mol. The highest BCUT2D eigenvalue weighted by atomic mass is 16.8. The van der Waals surface area contributed by atoms with Crippen LogP contribution in [0.15, 0.2) is 63.8 Å². The molecule has 162 valence electrons. The number of aliphatic hydroxyl groups excluding tert-OH is 2. The molecule has 0 radical (unpaired) electrons. The van der Waals surface area contributed by atoms with Crippen molar-refractivity contribution in [1.29, 1.82) is 0 Å². The quantitative estimate of drug-likeness (QED) is 0.613. The van der Waals surface area contributed by atoms with E-state index >= 15 is 0 Å².